The number of hydrogen-bond donors (Lipinski definition) is 1. The third-order valence-corrected chi connectivity index (χ3v) is 8.39. The van der Waals surface area contributed by atoms with Gasteiger partial charge in [0.05, 0.1) is 24.3 Å². The SMILES string of the molecule is CCOP(=O)(COC12CC1C(O)C(C)(OC(=O)c1ccccc1)C2OC(=O)c1ccccc1)OCC. The normalized spacial score (nSPS) is 28.8. The molecule has 36 heavy (non-hydrogen) atoms. The molecule has 0 amide bonds. The summed E-state index contributed by atoms with van der Waals surface area (Å²) in [6, 6.07) is 16.7. The lowest BCUT2D eigenvalue weighted by Crippen LogP contribution is -2.55. The quantitative estimate of drug-likeness (QED) is 0.345. The predicted molar refractivity (Wildman–Crippen MR) is 130 cm³/mol. The van der Waals surface area contributed by atoms with Gasteiger partial charge in [-0.05, 0) is 51.5 Å². The summed E-state index contributed by atoms with van der Waals surface area (Å²) >= 11 is 0. The molecule has 1 N–H and O–H groups in total. The zero-order chi connectivity index (χ0) is 26.0. The van der Waals surface area contributed by atoms with Gasteiger partial charge in [-0.15, -0.1) is 0 Å². The molecule has 2 aromatic rings. The molecule has 5 unspecified atom stereocenters. The van der Waals surface area contributed by atoms with Crippen LogP contribution in [0, 0.1) is 5.92 Å². The molecule has 0 aliphatic heterocycles. The van der Waals surface area contributed by atoms with Crippen molar-refractivity contribution in [2.24, 2.45) is 5.92 Å². The molecule has 0 spiro atoms. The molecule has 0 heterocycles. The summed E-state index contributed by atoms with van der Waals surface area (Å²) < 4.78 is 41.5. The highest BCUT2D eigenvalue weighted by Gasteiger charge is 2.80. The fraction of sp³-hybridized carbons (Fsp3) is 0.462. The molecular formula is C26H31O9P. The third-order valence-electron chi connectivity index (χ3n) is 6.64. The van der Waals surface area contributed by atoms with Crippen LogP contribution in [-0.2, 0) is 27.8 Å². The molecule has 10 heteroatoms. The molecule has 9 nitrogen and oxygen atoms in total. The van der Waals surface area contributed by atoms with Crippen molar-refractivity contribution in [1.29, 1.82) is 0 Å². The Balaban J connectivity index is 1.64. The van der Waals surface area contributed by atoms with Gasteiger partial charge >= 0.3 is 19.5 Å². The molecule has 194 valence electrons. The molecule has 2 saturated carbocycles. The number of esters is 2. The first-order chi connectivity index (χ1) is 17.2. The lowest BCUT2D eigenvalue weighted by Gasteiger charge is -2.38. The molecule has 0 aromatic heterocycles. The smallest absolute Gasteiger partial charge is 0.356 e. The van der Waals surface area contributed by atoms with E-state index >= 15 is 0 Å². The first-order valence-corrected chi connectivity index (χ1v) is 13.7. The number of hydrogen-bond acceptors (Lipinski definition) is 9. The summed E-state index contributed by atoms with van der Waals surface area (Å²) in [7, 11) is -3.60. The summed E-state index contributed by atoms with van der Waals surface area (Å²) in [4.78, 5) is 26.0. The van der Waals surface area contributed by atoms with E-state index in [1.165, 1.54) is 6.92 Å². The lowest BCUT2D eigenvalue weighted by molar-refractivity contribution is -0.153. The van der Waals surface area contributed by atoms with Gasteiger partial charge in [-0.3, -0.25) is 4.57 Å². The van der Waals surface area contributed by atoms with E-state index in [1.807, 2.05) is 0 Å². The zero-order valence-corrected chi connectivity index (χ0v) is 21.4. The fourth-order valence-electron chi connectivity index (χ4n) is 4.86. The minimum Gasteiger partial charge on any atom is -0.451 e. The van der Waals surface area contributed by atoms with E-state index in [4.69, 9.17) is 23.3 Å². The van der Waals surface area contributed by atoms with E-state index in [-0.39, 0.29) is 24.3 Å². The molecule has 0 radical (unpaired) electrons. The van der Waals surface area contributed by atoms with Crippen LogP contribution in [0.1, 0.15) is 47.9 Å². The Kier molecular flexibility index (Phi) is 7.69. The maximum Gasteiger partial charge on any atom is 0.356 e. The van der Waals surface area contributed by atoms with Gasteiger partial charge in [0.1, 0.15) is 18.1 Å². The van der Waals surface area contributed by atoms with Crippen LogP contribution in [0.15, 0.2) is 60.7 Å². The van der Waals surface area contributed by atoms with Crippen LogP contribution in [0.2, 0.25) is 0 Å². The second kappa shape index (κ2) is 10.4. The van der Waals surface area contributed by atoms with Crippen molar-refractivity contribution in [3.8, 4) is 0 Å². The molecule has 5 atom stereocenters. The summed E-state index contributed by atoms with van der Waals surface area (Å²) in [5.41, 5.74) is -2.27. The second-order valence-corrected chi connectivity index (χ2v) is 11.0. The maximum atomic E-state index is 13.1. The van der Waals surface area contributed by atoms with Gasteiger partial charge in [-0.2, -0.15) is 0 Å². The maximum absolute atomic E-state index is 13.1. The summed E-state index contributed by atoms with van der Waals surface area (Å²) in [6.45, 7) is 5.20. The molecule has 2 aliphatic rings. The number of carbonyl (C=O) groups is 2. The van der Waals surface area contributed by atoms with Gasteiger partial charge in [0.2, 0.25) is 0 Å². The molecular weight excluding hydrogens is 487 g/mol. The standard InChI is InChI=1S/C26H31O9P/c1-4-32-36(30,33-5-2)17-31-26-16-20(26)21(27)25(3,35-23(29)19-14-10-7-11-15-19)24(26)34-22(28)18-12-8-6-9-13-18/h6-15,20-21,24,27H,4-5,16-17H2,1-3H3. The first kappa shape index (κ1) is 26.5. The molecule has 0 bridgehead atoms. The second-order valence-electron chi connectivity index (χ2n) is 9.02. The Morgan fingerprint density at radius 3 is 2.00 bits per heavy atom. The predicted octanol–water partition coefficient (Wildman–Crippen LogP) is 4.20. The number of carbonyl (C=O) groups excluding carboxylic acids is 2. The average molecular weight is 518 g/mol. The van der Waals surface area contributed by atoms with E-state index in [0.717, 1.165) is 0 Å². The number of ether oxygens (including phenoxy) is 3. The van der Waals surface area contributed by atoms with Crippen LogP contribution in [0.3, 0.4) is 0 Å². The summed E-state index contributed by atoms with van der Waals surface area (Å²) in [6.07, 6.45) is -2.46. The van der Waals surface area contributed by atoms with Crippen molar-refractivity contribution >= 4 is 19.5 Å². The largest absolute Gasteiger partial charge is 0.451 e. The Morgan fingerprint density at radius 1 is 0.944 bits per heavy atom. The molecule has 2 aliphatic carbocycles. The zero-order valence-electron chi connectivity index (χ0n) is 20.5. The highest BCUT2D eigenvalue weighted by atomic mass is 31.2. The van der Waals surface area contributed by atoms with Crippen LogP contribution in [-0.4, -0.2) is 60.0 Å². The summed E-state index contributed by atoms with van der Waals surface area (Å²) in [5, 5.41) is 11.2. The number of fused-ring (bicyclic) bond motifs is 1. The fourth-order valence-corrected chi connectivity index (χ4v) is 6.27. The molecule has 0 saturated heterocycles. The minimum absolute atomic E-state index is 0.151. The number of rotatable bonds is 11. The molecule has 4 rings (SSSR count). The van der Waals surface area contributed by atoms with Gasteiger partial charge in [-0.1, -0.05) is 36.4 Å². The minimum atomic E-state index is -3.60. The number of aliphatic hydroxyl groups is 1. The van der Waals surface area contributed by atoms with E-state index in [0.29, 0.717) is 6.42 Å². The lowest BCUT2D eigenvalue weighted by atomic mass is 9.93. The van der Waals surface area contributed by atoms with Gasteiger partial charge in [-0.25, -0.2) is 9.59 Å². The van der Waals surface area contributed by atoms with Crippen LogP contribution in [0.4, 0.5) is 0 Å². The van der Waals surface area contributed by atoms with Gasteiger partial charge in [0.15, 0.2) is 11.7 Å². The monoisotopic (exact) mass is 518 g/mol. The topological polar surface area (TPSA) is 118 Å². The van der Waals surface area contributed by atoms with Crippen LogP contribution in [0.5, 0.6) is 0 Å². The molecule has 2 fully saturated rings. The van der Waals surface area contributed by atoms with Crippen LogP contribution in [0.25, 0.3) is 0 Å². The van der Waals surface area contributed by atoms with Crippen molar-refractivity contribution in [3.63, 3.8) is 0 Å². The van der Waals surface area contributed by atoms with Crippen LogP contribution >= 0.6 is 7.60 Å². The van der Waals surface area contributed by atoms with E-state index in [2.05, 4.69) is 0 Å². The third kappa shape index (κ3) is 4.99. The van der Waals surface area contributed by atoms with Crippen molar-refractivity contribution in [2.75, 3.05) is 19.6 Å². The van der Waals surface area contributed by atoms with Gasteiger partial charge in [0, 0.05) is 5.92 Å². The Hall–Kier alpha value is -2.55. The van der Waals surface area contributed by atoms with Crippen molar-refractivity contribution < 1.29 is 42.5 Å². The Morgan fingerprint density at radius 2 is 1.47 bits per heavy atom. The molecule has 2 aromatic carbocycles. The van der Waals surface area contributed by atoms with Gasteiger partial charge in [0.25, 0.3) is 0 Å². The highest BCUT2D eigenvalue weighted by Crippen LogP contribution is 2.65. The number of aliphatic hydroxyl groups excluding tert-OH is 1. The Bertz CT molecular complexity index is 1110. The van der Waals surface area contributed by atoms with Crippen molar-refractivity contribution in [3.05, 3.63) is 71.8 Å². The number of benzene rings is 2. The average Bonchev–Trinajstić information content (AvgIpc) is 3.58. The van der Waals surface area contributed by atoms with Crippen molar-refractivity contribution in [1.82, 2.24) is 0 Å². The van der Waals surface area contributed by atoms with Crippen LogP contribution < -0.4 is 0 Å². The van der Waals surface area contributed by atoms with Gasteiger partial charge < -0.3 is 28.4 Å². The first-order valence-electron chi connectivity index (χ1n) is 11.9. The summed E-state index contributed by atoms with van der Waals surface area (Å²) in [5.74, 6) is -1.86. The van der Waals surface area contributed by atoms with E-state index in [1.54, 1.807) is 74.5 Å². The van der Waals surface area contributed by atoms with E-state index < -0.39 is 55.2 Å². The van der Waals surface area contributed by atoms with E-state index in [9.17, 15) is 19.3 Å². The highest BCUT2D eigenvalue weighted by molar-refractivity contribution is 7.53. The Labute approximate surface area is 210 Å². The van der Waals surface area contributed by atoms with Crippen molar-refractivity contribution in [2.45, 2.75) is 50.6 Å².